The fourth-order valence-electron chi connectivity index (χ4n) is 2.47. The lowest BCUT2D eigenvalue weighted by molar-refractivity contribution is 0.396. The van der Waals surface area contributed by atoms with Gasteiger partial charge in [0.2, 0.25) is 0 Å². The number of hydrogen-bond acceptors (Lipinski definition) is 6. The first-order valence-electron chi connectivity index (χ1n) is 6.92. The third kappa shape index (κ3) is 2.51. The number of rotatable bonds is 5. The van der Waals surface area contributed by atoms with Crippen molar-refractivity contribution in [1.29, 1.82) is 0 Å². The number of nitrogens with two attached hydrogens (primary N) is 1. The lowest BCUT2D eigenvalue weighted by Crippen LogP contribution is -2.07. The van der Waals surface area contributed by atoms with Gasteiger partial charge in [-0.2, -0.15) is 0 Å². The van der Waals surface area contributed by atoms with Crippen LogP contribution >= 0.6 is 0 Å². The van der Waals surface area contributed by atoms with Crippen LogP contribution in [0.2, 0.25) is 0 Å². The van der Waals surface area contributed by atoms with Crippen LogP contribution in [0.1, 0.15) is 13.3 Å². The van der Waals surface area contributed by atoms with E-state index in [0.717, 1.165) is 18.0 Å². The zero-order chi connectivity index (χ0) is 15.0. The van der Waals surface area contributed by atoms with Gasteiger partial charge in [-0.15, -0.1) is 5.10 Å². The Kier molecular flexibility index (Phi) is 3.40. The first-order valence-corrected chi connectivity index (χ1v) is 6.92. The Labute approximate surface area is 123 Å². The molecule has 0 bridgehead atoms. The van der Waals surface area contributed by atoms with Gasteiger partial charge in [0.05, 0.1) is 25.5 Å². The van der Waals surface area contributed by atoms with Crippen LogP contribution in [-0.2, 0) is 6.54 Å². The van der Waals surface area contributed by atoms with Crippen LogP contribution < -0.4 is 15.2 Å². The molecule has 1 saturated carbocycles. The van der Waals surface area contributed by atoms with E-state index in [2.05, 4.69) is 22.4 Å². The summed E-state index contributed by atoms with van der Waals surface area (Å²) in [5.74, 6) is 3.23. The summed E-state index contributed by atoms with van der Waals surface area (Å²) in [6.07, 6.45) is 1.22. The van der Waals surface area contributed by atoms with Crippen molar-refractivity contribution in [2.45, 2.75) is 19.9 Å². The second-order valence-electron chi connectivity index (χ2n) is 5.45. The van der Waals surface area contributed by atoms with E-state index in [4.69, 9.17) is 15.2 Å². The maximum atomic E-state index is 6.16. The fraction of sp³-hybridized carbons (Fsp3) is 0.500. The summed E-state index contributed by atoms with van der Waals surface area (Å²) < 4.78 is 12.4. The lowest BCUT2D eigenvalue weighted by Gasteiger charge is -2.12. The van der Waals surface area contributed by atoms with Crippen LogP contribution in [0.3, 0.4) is 0 Å². The van der Waals surface area contributed by atoms with Crippen molar-refractivity contribution >= 4 is 5.69 Å². The van der Waals surface area contributed by atoms with E-state index >= 15 is 0 Å². The average molecular weight is 289 g/mol. The molecule has 1 aromatic carbocycles. The lowest BCUT2D eigenvalue weighted by atomic mass is 10.1. The van der Waals surface area contributed by atoms with E-state index in [1.165, 1.54) is 6.42 Å². The summed E-state index contributed by atoms with van der Waals surface area (Å²) >= 11 is 0. The highest BCUT2D eigenvalue weighted by molar-refractivity contribution is 5.78. The van der Waals surface area contributed by atoms with Crippen LogP contribution in [0.15, 0.2) is 12.1 Å². The summed E-state index contributed by atoms with van der Waals surface area (Å²) in [4.78, 5) is 0. The van der Waals surface area contributed by atoms with Gasteiger partial charge in [-0.05, 0) is 34.7 Å². The van der Waals surface area contributed by atoms with Gasteiger partial charge in [-0.25, -0.2) is 4.68 Å². The van der Waals surface area contributed by atoms with Gasteiger partial charge in [-0.1, -0.05) is 6.92 Å². The molecule has 2 atom stereocenters. The molecule has 7 nitrogen and oxygen atoms in total. The van der Waals surface area contributed by atoms with Crippen molar-refractivity contribution in [3.05, 3.63) is 12.1 Å². The van der Waals surface area contributed by atoms with Crippen LogP contribution in [0, 0.1) is 11.8 Å². The second-order valence-corrected chi connectivity index (χ2v) is 5.45. The predicted molar refractivity (Wildman–Crippen MR) is 78.0 cm³/mol. The third-order valence-electron chi connectivity index (χ3n) is 4.03. The van der Waals surface area contributed by atoms with E-state index in [1.54, 1.807) is 25.0 Å². The molecule has 2 N–H and O–H groups in total. The Hall–Kier alpha value is -2.31. The number of nitrogen functional groups attached to an aromatic ring is 1. The number of benzene rings is 1. The molecule has 7 heteroatoms. The highest BCUT2D eigenvalue weighted by Crippen LogP contribution is 2.41. The first kappa shape index (κ1) is 13.7. The van der Waals surface area contributed by atoms with E-state index < -0.39 is 0 Å². The minimum absolute atomic E-state index is 0.512. The number of aromatic nitrogens is 4. The van der Waals surface area contributed by atoms with E-state index in [-0.39, 0.29) is 0 Å². The standard InChI is InChI=1S/C14H19N5O2/c1-8-4-9(8)7-19-14(16-17-18-19)11-5-10(20-2)6-12(21-3)13(11)15/h5-6,8-9H,4,7,15H2,1-3H3. The molecule has 3 rings (SSSR count). The molecule has 1 heterocycles. The summed E-state index contributed by atoms with van der Waals surface area (Å²) in [6.45, 7) is 3.04. The van der Waals surface area contributed by atoms with E-state index in [0.29, 0.717) is 28.9 Å². The van der Waals surface area contributed by atoms with Crippen molar-refractivity contribution in [2.24, 2.45) is 11.8 Å². The zero-order valence-electron chi connectivity index (χ0n) is 12.4. The molecular weight excluding hydrogens is 270 g/mol. The summed E-state index contributed by atoms with van der Waals surface area (Å²) in [6, 6.07) is 3.58. The maximum absolute atomic E-state index is 6.16. The second kappa shape index (κ2) is 5.23. The average Bonchev–Trinajstić information content (AvgIpc) is 2.99. The molecule has 0 spiro atoms. The van der Waals surface area contributed by atoms with Gasteiger partial charge < -0.3 is 15.2 Å². The Morgan fingerprint density at radius 2 is 2.10 bits per heavy atom. The molecule has 2 unspecified atom stereocenters. The Balaban J connectivity index is 2.01. The number of methoxy groups -OCH3 is 2. The topological polar surface area (TPSA) is 88.1 Å². The molecule has 0 saturated heterocycles. The molecule has 21 heavy (non-hydrogen) atoms. The van der Waals surface area contributed by atoms with Crippen molar-refractivity contribution in [1.82, 2.24) is 20.2 Å². The van der Waals surface area contributed by atoms with Gasteiger partial charge in [0.25, 0.3) is 0 Å². The minimum atomic E-state index is 0.512. The van der Waals surface area contributed by atoms with Gasteiger partial charge in [0.1, 0.15) is 11.5 Å². The molecule has 0 radical (unpaired) electrons. The fourth-order valence-corrected chi connectivity index (χ4v) is 2.47. The molecule has 0 amide bonds. The number of hydrogen-bond donors (Lipinski definition) is 1. The predicted octanol–water partition coefficient (Wildman–Crippen LogP) is 1.60. The molecule has 1 aromatic heterocycles. The van der Waals surface area contributed by atoms with E-state index in [9.17, 15) is 0 Å². The van der Waals surface area contributed by atoms with Crippen LogP contribution in [0.4, 0.5) is 5.69 Å². The molecule has 1 aliphatic carbocycles. The van der Waals surface area contributed by atoms with Crippen molar-refractivity contribution in [2.75, 3.05) is 20.0 Å². The minimum Gasteiger partial charge on any atom is -0.497 e. The normalized spacial score (nSPS) is 20.3. The molecule has 1 aliphatic rings. The van der Waals surface area contributed by atoms with Gasteiger partial charge >= 0.3 is 0 Å². The maximum Gasteiger partial charge on any atom is 0.184 e. The highest BCUT2D eigenvalue weighted by Gasteiger charge is 2.34. The third-order valence-corrected chi connectivity index (χ3v) is 4.03. The number of tetrazole rings is 1. The van der Waals surface area contributed by atoms with Crippen molar-refractivity contribution in [3.63, 3.8) is 0 Å². The van der Waals surface area contributed by atoms with Crippen LogP contribution in [0.25, 0.3) is 11.4 Å². The molecule has 1 fully saturated rings. The highest BCUT2D eigenvalue weighted by atomic mass is 16.5. The molecular formula is C14H19N5O2. The Morgan fingerprint density at radius 3 is 2.71 bits per heavy atom. The quantitative estimate of drug-likeness (QED) is 0.841. The molecule has 2 aromatic rings. The van der Waals surface area contributed by atoms with Gasteiger partial charge in [0, 0.05) is 12.6 Å². The number of nitrogens with zero attached hydrogens (tertiary/aromatic N) is 4. The SMILES string of the molecule is COc1cc(OC)c(N)c(-c2nnnn2CC2CC2C)c1. The van der Waals surface area contributed by atoms with Crippen molar-refractivity contribution in [3.8, 4) is 22.9 Å². The van der Waals surface area contributed by atoms with Crippen LogP contribution in [-0.4, -0.2) is 34.4 Å². The summed E-state index contributed by atoms with van der Waals surface area (Å²) in [5, 5.41) is 12.0. The van der Waals surface area contributed by atoms with Gasteiger partial charge in [0.15, 0.2) is 5.82 Å². The number of anilines is 1. The Morgan fingerprint density at radius 1 is 1.33 bits per heavy atom. The summed E-state index contributed by atoms with van der Waals surface area (Å²) in [5.41, 5.74) is 7.40. The smallest absolute Gasteiger partial charge is 0.184 e. The monoisotopic (exact) mass is 289 g/mol. The zero-order valence-corrected chi connectivity index (χ0v) is 12.4. The largest absolute Gasteiger partial charge is 0.497 e. The first-order chi connectivity index (χ1) is 10.1. The summed E-state index contributed by atoms with van der Waals surface area (Å²) in [7, 11) is 3.17. The van der Waals surface area contributed by atoms with Crippen LogP contribution in [0.5, 0.6) is 11.5 Å². The molecule has 112 valence electrons. The van der Waals surface area contributed by atoms with Crippen molar-refractivity contribution < 1.29 is 9.47 Å². The Bertz CT molecular complexity index is 655. The number of ether oxygens (including phenoxy) is 2. The molecule has 0 aliphatic heterocycles. The van der Waals surface area contributed by atoms with Gasteiger partial charge in [-0.3, -0.25) is 0 Å². The van der Waals surface area contributed by atoms with E-state index in [1.807, 2.05) is 6.07 Å².